The summed E-state index contributed by atoms with van der Waals surface area (Å²) in [5.74, 6) is 0.757. The first-order valence-electron chi connectivity index (χ1n) is 11.5. The zero-order chi connectivity index (χ0) is 25.2. The van der Waals surface area contributed by atoms with Gasteiger partial charge in [-0.2, -0.15) is 0 Å². The molecule has 1 N–H and O–H groups in total. The number of benzene rings is 2. The maximum atomic E-state index is 12.8. The van der Waals surface area contributed by atoms with Gasteiger partial charge in [-0.05, 0) is 42.5 Å². The molecule has 1 saturated heterocycles. The average molecular weight is 528 g/mol. The Balaban J connectivity index is 1.33. The zero-order valence-electron chi connectivity index (χ0n) is 20.0. The van der Waals surface area contributed by atoms with Crippen LogP contribution in [0.25, 0.3) is 16.7 Å². The number of halogens is 1. The lowest BCUT2D eigenvalue weighted by molar-refractivity contribution is -0.113. The third-order valence-electron chi connectivity index (χ3n) is 6.14. The fraction of sp³-hybridized carbons (Fsp3) is 0.333. The number of carbonyl (C=O) groups is 1. The molecule has 0 atom stereocenters. The van der Waals surface area contributed by atoms with Crippen LogP contribution in [0.4, 0.5) is 5.69 Å². The third kappa shape index (κ3) is 5.05. The van der Waals surface area contributed by atoms with E-state index < -0.39 is 0 Å². The molecule has 1 fully saturated rings. The van der Waals surface area contributed by atoms with Gasteiger partial charge in [0, 0.05) is 43.6 Å². The number of amides is 1. The number of nitrogens with zero attached hydrogens (tertiary/aromatic N) is 6. The summed E-state index contributed by atoms with van der Waals surface area (Å²) < 4.78 is 10.6. The molecule has 4 aromatic rings. The zero-order valence-corrected chi connectivity index (χ0v) is 21.6. The summed E-state index contributed by atoms with van der Waals surface area (Å²) in [7, 11) is 3.44. The number of rotatable bonds is 7. The molecule has 1 aliphatic rings. The first-order valence-corrected chi connectivity index (χ1v) is 12.9. The number of nitrogens with one attached hydrogen (secondary N) is 1. The van der Waals surface area contributed by atoms with Crippen molar-refractivity contribution in [2.45, 2.75) is 11.7 Å². The van der Waals surface area contributed by atoms with Gasteiger partial charge in [0.05, 0.1) is 36.5 Å². The number of ether oxygens (including phenoxy) is 1. The molecule has 0 radical (unpaired) electrons. The minimum absolute atomic E-state index is 0.113. The van der Waals surface area contributed by atoms with Crippen LogP contribution < -0.4 is 11.0 Å². The average Bonchev–Trinajstić information content (AvgIpc) is 3.38. The van der Waals surface area contributed by atoms with Crippen molar-refractivity contribution in [3.8, 4) is 5.69 Å². The molecule has 0 spiro atoms. The van der Waals surface area contributed by atoms with Crippen molar-refractivity contribution < 1.29 is 9.53 Å². The number of aromatic nitrogens is 5. The van der Waals surface area contributed by atoms with Crippen LogP contribution in [-0.2, 0) is 30.2 Å². The van der Waals surface area contributed by atoms with Gasteiger partial charge in [-0.25, -0.2) is 4.79 Å². The number of hydrogen-bond acceptors (Lipinski definition) is 7. The summed E-state index contributed by atoms with van der Waals surface area (Å²) in [5.41, 5.74) is 2.95. The summed E-state index contributed by atoms with van der Waals surface area (Å²) in [4.78, 5) is 27.2. The minimum atomic E-state index is -0.180. The van der Waals surface area contributed by atoms with Gasteiger partial charge >= 0.3 is 5.69 Å². The van der Waals surface area contributed by atoms with E-state index in [0.29, 0.717) is 35.6 Å². The number of carbonyl (C=O) groups excluding carboxylic acids is 1. The molecule has 12 heteroatoms. The number of aryl methyl sites for hydroxylation is 2. The molecular formula is C24H26ClN7O3S. The van der Waals surface area contributed by atoms with Crippen molar-refractivity contribution in [3.63, 3.8) is 0 Å². The van der Waals surface area contributed by atoms with E-state index in [4.69, 9.17) is 16.3 Å². The third-order valence-corrected chi connectivity index (χ3v) is 7.32. The molecule has 36 heavy (non-hydrogen) atoms. The van der Waals surface area contributed by atoms with Gasteiger partial charge in [0.2, 0.25) is 5.91 Å². The number of thioether (sulfide) groups is 1. The van der Waals surface area contributed by atoms with Crippen LogP contribution in [0.3, 0.4) is 0 Å². The predicted molar refractivity (Wildman–Crippen MR) is 140 cm³/mol. The van der Waals surface area contributed by atoms with Crippen LogP contribution in [-0.4, -0.2) is 66.8 Å². The van der Waals surface area contributed by atoms with E-state index in [1.807, 2.05) is 34.9 Å². The number of fused-ring (bicyclic) bond motifs is 1. The molecule has 1 amide bonds. The summed E-state index contributed by atoms with van der Waals surface area (Å²) >= 11 is 7.41. The summed E-state index contributed by atoms with van der Waals surface area (Å²) in [5, 5.41) is 13.0. The lowest BCUT2D eigenvalue weighted by atomic mass is 10.2. The lowest BCUT2D eigenvalue weighted by Gasteiger charge is -2.26. The Morgan fingerprint density at radius 1 is 1.06 bits per heavy atom. The second-order valence-electron chi connectivity index (χ2n) is 8.54. The molecule has 188 valence electrons. The monoisotopic (exact) mass is 527 g/mol. The Kier molecular flexibility index (Phi) is 7.15. The van der Waals surface area contributed by atoms with Gasteiger partial charge < -0.3 is 10.1 Å². The molecule has 0 bridgehead atoms. The van der Waals surface area contributed by atoms with Gasteiger partial charge in [-0.1, -0.05) is 23.4 Å². The SMILES string of the molecule is Cn1c(=O)n(C)c2cc(NC(=O)CSc3nnc(CN4CCOCC4)n3-c3ccc(Cl)cc3)ccc21. The van der Waals surface area contributed by atoms with Crippen molar-refractivity contribution in [3.05, 3.63) is 63.8 Å². The standard InChI is InChI=1S/C24H26ClN7O3S/c1-29-19-8-5-17(13-20(19)30(2)24(29)34)26-22(33)15-36-23-28-27-21(14-31-9-11-35-12-10-31)32(23)18-6-3-16(25)4-7-18/h3-8,13H,9-12,14-15H2,1-2H3,(H,26,33). The van der Waals surface area contributed by atoms with Crippen molar-refractivity contribution >= 4 is 46.0 Å². The Labute approximate surface area is 216 Å². The Bertz CT molecular complexity index is 1460. The summed E-state index contributed by atoms with van der Waals surface area (Å²) in [6.07, 6.45) is 0. The minimum Gasteiger partial charge on any atom is -0.379 e. The van der Waals surface area contributed by atoms with Crippen LogP contribution >= 0.6 is 23.4 Å². The molecule has 0 aliphatic carbocycles. The van der Waals surface area contributed by atoms with Crippen molar-refractivity contribution in [2.75, 3.05) is 37.4 Å². The summed E-state index contributed by atoms with van der Waals surface area (Å²) in [6.45, 7) is 3.67. The van der Waals surface area contributed by atoms with Gasteiger partial charge in [-0.15, -0.1) is 10.2 Å². The van der Waals surface area contributed by atoms with E-state index in [-0.39, 0.29) is 17.3 Å². The molecule has 5 rings (SSSR count). The fourth-order valence-corrected chi connectivity index (χ4v) is 5.11. The van der Waals surface area contributed by atoms with Crippen LogP contribution in [0.1, 0.15) is 5.82 Å². The normalized spacial score (nSPS) is 14.4. The predicted octanol–water partition coefficient (Wildman–Crippen LogP) is 2.67. The largest absolute Gasteiger partial charge is 0.379 e. The van der Waals surface area contributed by atoms with E-state index in [1.54, 1.807) is 35.4 Å². The van der Waals surface area contributed by atoms with Gasteiger partial charge in [0.1, 0.15) is 0 Å². The fourth-order valence-electron chi connectivity index (χ4n) is 4.22. The molecular weight excluding hydrogens is 502 g/mol. The van der Waals surface area contributed by atoms with E-state index in [2.05, 4.69) is 20.4 Å². The Morgan fingerprint density at radius 2 is 1.78 bits per heavy atom. The highest BCUT2D eigenvalue weighted by Gasteiger charge is 2.20. The topological polar surface area (TPSA) is 99.2 Å². The molecule has 10 nitrogen and oxygen atoms in total. The van der Waals surface area contributed by atoms with Gasteiger partial charge in [0.25, 0.3) is 0 Å². The van der Waals surface area contributed by atoms with Crippen molar-refractivity contribution in [2.24, 2.45) is 14.1 Å². The van der Waals surface area contributed by atoms with Gasteiger partial charge in [0.15, 0.2) is 11.0 Å². The number of anilines is 1. The smallest absolute Gasteiger partial charge is 0.328 e. The first kappa shape index (κ1) is 24.6. The second-order valence-corrected chi connectivity index (χ2v) is 9.92. The highest BCUT2D eigenvalue weighted by molar-refractivity contribution is 7.99. The number of morpholine rings is 1. The van der Waals surface area contributed by atoms with Crippen LogP contribution in [0, 0.1) is 0 Å². The van der Waals surface area contributed by atoms with Crippen LogP contribution in [0.2, 0.25) is 5.02 Å². The van der Waals surface area contributed by atoms with E-state index in [9.17, 15) is 9.59 Å². The lowest BCUT2D eigenvalue weighted by Crippen LogP contribution is -2.36. The quantitative estimate of drug-likeness (QED) is 0.369. The highest BCUT2D eigenvalue weighted by atomic mass is 35.5. The second kappa shape index (κ2) is 10.5. The molecule has 3 heterocycles. The Hall–Kier alpha value is -3.12. The first-order chi connectivity index (χ1) is 17.4. The number of imidazole rings is 1. The highest BCUT2D eigenvalue weighted by Crippen LogP contribution is 2.25. The molecule has 0 saturated carbocycles. The molecule has 0 unspecified atom stereocenters. The molecule has 1 aliphatic heterocycles. The molecule has 2 aromatic heterocycles. The van der Waals surface area contributed by atoms with Crippen LogP contribution in [0.5, 0.6) is 0 Å². The summed E-state index contributed by atoms with van der Waals surface area (Å²) in [6, 6.07) is 12.9. The maximum absolute atomic E-state index is 12.8. The Morgan fingerprint density at radius 3 is 2.53 bits per heavy atom. The van der Waals surface area contributed by atoms with Crippen molar-refractivity contribution in [1.82, 2.24) is 28.8 Å². The van der Waals surface area contributed by atoms with E-state index in [1.165, 1.54) is 11.8 Å². The van der Waals surface area contributed by atoms with E-state index >= 15 is 0 Å². The van der Waals surface area contributed by atoms with Gasteiger partial charge in [-0.3, -0.25) is 23.4 Å². The van der Waals surface area contributed by atoms with Crippen molar-refractivity contribution in [1.29, 1.82) is 0 Å². The molecule has 2 aromatic carbocycles. The number of hydrogen-bond donors (Lipinski definition) is 1. The van der Waals surface area contributed by atoms with E-state index in [0.717, 1.165) is 35.6 Å². The maximum Gasteiger partial charge on any atom is 0.328 e. The van der Waals surface area contributed by atoms with Crippen LogP contribution in [0.15, 0.2) is 52.4 Å².